The lowest BCUT2D eigenvalue weighted by atomic mass is 10.2. The van der Waals surface area contributed by atoms with Gasteiger partial charge in [-0.15, -0.1) is 0 Å². The van der Waals surface area contributed by atoms with Crippen molar-refractivity contribution in [2.45, 2.75) is 17.3 Å². The zero-order valence-electron chi connectivity index (χ0n) is 13.5. The van der Waals surface area contributed by atoms with Crippen LogP contribution in [-0.4, -0.2) is 39.3 Å². The van der Waals surface area contributed by atoms with Crippen molar-refractivity contribution in [1.82, 2.24) is 15.0 Å². The Labute approximate surface area is 148 Å². The number of imidazole rings is 1. The third-order valence-corrected chi connectivity index (χ3v) is 4.69. The summed E-state index contributed by atoms with van der Waals surface area (Å²) in [6, 6.07) is 9.11. The van der Waals surface area contributed by atoms with E-state index in [9.17, 15) is 4.79 Å². The molecule has 3 heterocycles. The van der Waals surface area contributed by atoms with Crippen molar-refractivity contribution in [3.05, 3.63) is 36.5 Å². The molecular weight excluding hydrogens is 340 g/mol. The highest BCUT2D eigenvalue weighted by Crippen LogP contribution is 2.33. The molecule has 7 nitrogen and oxygen atoms in total. The molecule has 0 radical (unpaired) electrons. The van der Waals surface area contributed by atoms with Gasteiger partial charge in [-0.05, 0) is 31.2 Å². The van der Waals surface area contributed by atoms with E-state index >= 15 is 0 Å². The molecular formula is C17H16N4O3S. The molecule has 4 rings (SSSR count). The number of nitrogens with one attached hydrogen (secondary N) is 2. The van der Waals surface area contributed by atoms with Gasteiger partial charge < -0.3 is 19.8 Å². The molecule has 0 aliphatic carbocycles. The largest absolute Gasteiger partial charge is 0.486 e. The van der Waals surface area contributed by atoms with Crippen molar-refractivity contribution in [3.8, 4) is 11.5 Å². The Kier molecular flexibility index (Phi) is 4.19. The number of hydrogen-bond donors (Lipinski definition) is 2. The second kappa shape index (κ2) is 6.64. The van der Waals surface area contributed by atoms with Crippen molar-refractivity contribution < 1.29 is 14.3 Å². The van der Waals surface area contributed by atoms with Gasteiger partial charge in [-0.1, -0.05) is 11.8 Å². The number of anilines is 1. The van der Waals surface area contributed by atoms with Crippen LogP contribution in [0.15, 0.2) is 41.7 Å². The van der Waals surface area contributed by atoms with Crippen LogP contribution in [0.5, 0.6) is 11.5 Å². The summed E-state index contributed by atoms with van der Waals surface area (Å²) in [6.45, 7) is 2.88. The molecule has 25 heavy (non-hydrogen) atoms. The second-order valence-electron chi connectivity index (χ2n) is 5.52. The Bertz CT molecular complexity index is 894. The first-order valence-corrected chi connectivity index (χ1v) is 8.75. The third kappa shape index (κ3) is 3.39. The monoisotopic (exact) mass is 356 g/mol. The first kappa shape index (κ1) is 15.8. The van der Waals surface area contributed by atoms with Gasteiger partial charge >= 0.3 is 0 Å². The molecule has 2 aromatic heterocycles. The number of aromatic amines is 1. The van der Waals surface area contributed by atoms with E-state index in [1.807, 2.05) is 19.1 Å². The summed E-state index contributed by atoms with van der Waals surface area (Å²) in [7, 11) is 0. The van der Waals surface area contributed by atoms with E-state index in [4.69, 9.17) is 9.47 Å². The molecule has 1 aromatic carbocycles. The topological polar surface area (TPSA) is 89.1 Å². The second-order valence-corrected chi connectivity index (χ2v) is 6.85. The van der Waals surface area contributed by atoms with Gasteiger partial charge in [-0.25, -0.2) is 9.97 Å². The Hall–Kier alpha value is -2.74. The summed E-state index contributed by atoms with van der Waals surface area (Å²) >= 11 is 1.35. The average Bonchev–Trinajstić information content (AvgIpc) is 3.03. The number of H-pyrrole nitrogens is 1. The maximum Gasteiger partial charge on any atom is 0.237 e. The SMILES string of the molecule is CC(Sc1nc2ncccc2[nH]1)C(=O)Nc1ccc2c(c1)OCCO2. The fourth-order valence-corrected chi connectivity index (χ4v) is 3.27. The van der Waals surface area contributed by atoms with E-state index < -0.39 is 0 Å². The zero-order chi connectivity index (χ0) is 17.2. The van der Waals surface area contributed by atoms with Crippen molar-refractivity contribution in [2.75, 3.05) is 18.5 Å². The lowest BCUT2D eigenvalue weighted by Crippen LogP contribution is -2.23. The van der Waals surface area contributed by atoms with Crippen molar-refractivity contribution in [2.24, 2.45) is 0 Å². The molecule has 0 bridgehead atoms. The quantitative estimate of drug-likeness (QED) is 0.699. The molecule has 0 saturated heterocycles. The average molecular weight is 356 g/mol. The van der Waals surface area contributed by atoms with Gasteiger partial charge in [0, 0.05) is 18.0 Å². The molecule has 0 spiro atoms. The number of hydrogen-bond acceptors (Lipinski definition) is 6. The van der Waals surface area contributed by atoms with E-state index in [0.29, 0.717) is 41.2 Å². The highest BCUT2D eigenvalue weighted by Gasteiger charge is 2.18. The predicted octanol–water partition coefficient (Wildman–Crippen LogP) is 2.85. The molecule has 2 N–H and O–H groups in total. The van der Waals surface area contributed by atoms with Crippen LogP contribution < -0.4 is 14.8 Å². The van der Waals surface area contributed by atoms with Gasteiger partial charge in [0.15, 0.2) is 22.3 Å². The molecule has 8 heteroatoms. The van der Waals surface area contributed by atoms with E-state index in [2.05, 4.69) is 20.3 Å². The highest BCUT2D eigenvalue weighted by atomic mass is 32.2. The van der Waals surface area contributed by atoms with E-state index in [0.717, 1.165) is 5.52 Å². The zero-order valence-corrected chi connectivity index (χ0v) is 14.3. The molecule has 0 saturated carbocycles. The first-order valence-electron chi connectivity index (χ1n) is 7.87. The van der Waals surface area contributed by atoms with Crippen LogP contribution >= 0.6 is 11.8 Å². The molecule has 1 unspecified atom stereocenters. The summed E-state index contributed by atoms with van der Waals surface area (Å²) in [6.07, 6.45) is 1.69. The summed E-state index contributed by atoms with van der Waals surface area (Å²) in [4.78, 5) is 24.2. The number of nitrogens with zero attached hydrogens (tertiary/aromatic N) is 2. The Morgan fingerprint density at radius 2 is 2.12 bits per heavy atom. The number of carbonyl (C=O) groups is 1. The predicted molar refractivity (Wildman–Crippen MR) is 95.3 cm³/mol. The maximum absolute atomic E-state index is 12.4. The number of benzene rings is 1. The minimum Gasteiger partial charge on any atom is -0.486 e. The number of rotatable bonds is 4. The molecule has 1 aliphatic rings. The normalized spacial score (nSPS) is 14.3. The molecule has 1 aliphatic heterocycles. The number of aromatic nitrogens is 3. The van der Waals surface area contributed by atoms with Crippen molar-refractivity contribution in [1.29, 1.82) is 0 Å². The van der Waals surface area contributed by atoms with Crippen LogP contribution in [0.3, 0.4) is 0 Å². The summed E-state index contributed by atoms with van der Waals surface area (Å²) < 4.78 is 11.0. The molecule has 128 valence electrons. The number of carbonyl (C=O) groups excluding carboxylic acids is 1. The fourth-order valence-electron chi connectivity index (χ4n) is 2.46. The summed E-state index contributed by atoms with van der Waals surface area (Å²) in [5.41, 5.74) is 2.17. The molecule has 3 aromatic rings. The minimum absolute atomic E-state index is 0.116. The Balaban J connectivity index is 1.43. The maximum atomic E-state index is 12.4. The summed E-state index contributed by atoms with van der Waals surface area (Å²) in [5.74, 6) is 1.23. The number of fused-ring (bicyclic) bond motifs is 2. The van der Waals surface area contributed by atoms with Gasteiger partial charge in [0.25, 0.3) is 0 Å². The van der Waals surface area contributed by atoms with Crippen LogP contribution in [0.4, 0.5) is 5.69 Å². The summed E-state index contributed by atoms with van der Waals surface area (Å²) in [5, 5.41) is 3.23. The Morgan fingerprint density at radius 3 is 2.96 bits per heavy atom. The van der Waals surface area contributed by atoms with E-state index in [1.54, 1.807) is 24.4 Å². The van der Waals surface area contributed by atoms with Crippen molar-refractivity contribution in [3.63, 3.8) is 0 Å². The van der Waals surface area contributed by atoms with Gasteiger partial charge in [0.1, 0.15) is 13.2 Å². The van der Waals surface area contributed by atoms with E-state index in [-0.39, 0.29) is 11.2 Å². The molecule has 1 amide bonds. The van der Waals surface area contributed by atoms with Crippen LogP contribution in [0.25, 0.3) is 11.2 Å². The standard InChI is InChI=1S/C17H16N4O3S/c1-10(25-17-20-12-3-2-6-18-15(12)21-17)16(22)19-11-4-5-13-14(9-11)24-8-7-23-13/h2-6,9-10H,7-8H2,1H3,(H,19,22)(H,18,20,21). The first-order chi connectivity index (χ1) is 12.2. The molecule has 1 atom stereocenters. The van der Waals surface area contributed by atoms with Gasteiger partial charge in [0.2, 0.25) is 5.91 Å². The number of pyridine rings is 1. The van der Waals surface area contributed by atoms with E-state index in [1.165, 1.54) is 11.8 Å². The number of thioether (sulfide) groups is 1. The van der Waals surface area contributed by atoms with Crippen LogP contribution in [0.1, 0.15) is 6.92 Å². The lowest BCUT2D eigenvalue weighted by Gasteiger charge is -2.19. The van der Waals surface area contributed by atoms with Crippen LogP contribution in [0.2, 0.25) is 0 Å². The van der Waals surface area contributed by atoms with Gasteiger partial charge in [0.05, 0.1) is 10.8 Å². The molecule has 0 fully saturated rings. The highest BCUT2D eigenvalue weighted by molar-refractivity contribution is 8.00. The van der Waals surface area contributed by atoms with Crippen LogP contribution in [-0.2, 0) is 4.79 Å². The lowest BCUT2D eigenvalue weighted by molar-refractivity contribution is -0.115. The Morgan fingerprint density at radius 1 is 1.28 bits per heavy atom. The third-order valence-electron chi connectivity index (χ3n) is 3.70. The van der Waals surface area contributed by atoms with Crippen LogP contribution in [0, 0.1) is 0 Å². The number of amides is 1. The smallest absolute Gasteiger partial charge is 0.237 e. The van der Waals surface area contributed by atoms with Crippen molar-refractivity contribution >= 4 is 34.5 Å². The number of ether oxygens (including phenoxy) is 2. The van der Waals surface area contributed by atoms with Gasteiger partial charge in [-0.2, -0.15) is 0 Å². The van der Waals surface area contributed by atoms with Gasteiger partial charge in [-0.3, -0.25) is 4.79 Å². The minimum atomic E-state index is -0.325. The fraction of sp³-hybridized carbons (Fsp3) is 0.235.